The zero-order chi connectivity index (χ0) is 17.0. The molecule has 2 aromatic carbocycles. The van der Waals surface area contributed by atoms with Crippen molar-refractivity contribution < 1.29 is 9.90 Å². The molecule has 0 saturated carbocycles. The average Bonchev–Trinajstić information content (AvgIpc) is 2.62. The van der Waals surface area contributed by atoms with Gasteiger partial charge in [-0.05, 0) is 23.3 Å². The Labute approximate surface area is 144 Å². The number of anilines is 1. The molecule has 2 N–H and O–H groups in total. The second-order valence-electron chi connectivity index (χ2n) is 5.26. The highest BCUT2D eigenvalue weighted by molar-refractivity contribution is 6.29. The number of benzene rings is 2. The van der Waals surface area contributed by atoms with Crippen LogP contribution in [0.2, 0.25) is 5.15 Å². The Kier molecular flexibility index (Phi) is 4.60. The lowest BCUT2D eigenvalue weighted by molar-refractivity contribution is -0.131. The average molecular weight is 339 g/mol. The highest BCUT2D eigenvalue weighted by atomic mass is 35.5. The zero-order valence-electron chi connectivity index (χ0n) is 12.7. The molecule has 5 heteroatoms. The van der Waals surface area contributed by atoms with Gasteiger partial charge in [-0.1, -0.05) is 72.3 Å². The normalized spacial score (nSPS) is 11.1. The minimum atomic E-state index is -1.82. The third-order valence-electron chi connectivity index (χ3n) is 3.70. The van der Waals surface area contributed by atoms with Crippen molar-refractivity contribution in [3.63, 3.8) is 0 Å². The van der Waals surface area contributed by atoms with E-state index >= 15 is 0 Å². The molecule has 4 nitrogen and oxygen atoms in total. The molecule has 0 aliphatic carbocycles. The van der Waals surface area contributed by atoms with Gasteiger partial charge in [-0.3, -0.25) is 4.79 Å². The van der Waals surface area contributed by atoms with Gasteiger partial charge < -0.3 is 10.4 Å². The molecule has 1 amide bonds. The summed E-state index contributed by atoms with van der Waals surface area (Å²) in [5.41, 5.74) is -0.397. The number of hydrogen-bond acceptors (Lipinski definition) is 3. The summed E-state index contributed by atoms with van der Waals surface area (Å²) < 4.78 is 0. The Hall–Kier alpha value is -2.69. The maximum Gasteiger partial charge on any atom is 0.265 e. The molecule has 3 aromatic rings. The maximum atomic E-state index is 12.9. The van der Waals surface area contributed by atoms with Crippen LogP contribution in [0.1, 0.15) is 11.1 Å². The van der Waals surface area contributed by atoms with E-state index in [9.17, 15) is 9.90 Å². The standard InChI is InChI=1S/C19H15ClN2O2/c20-17-13-16(11-12-21-17)22-18(23)19(24,14-7-3-1-4-8-14)15-9-5-2-6-10-15/h1-13,24H,(H,21,22,23). The van der Waals surface area contributed by atoms with E-state index in [0.717, 1.165) is 0 Å². The highest BCUT2D eigenvalue weighted by Gasteiger charge is 2.39. The first-order valence-corrected chi connectivity index (χ1v) is 7.75. The number of aliphatic hydroxyl groups is 1. The second kappa shape index (κ2) is 6.83. The molecule has 0 bridgehead atoms. The Morgan fingerprint density at radius 1 is 0.958 bits per heavy atom. The summed E-state index contributed by atoms with van der Waals surface area (Å²) in [6.07, 6.45) is 1.49. The highest BCUT2D eigenvalue weighted by Crippen LogP contribution is 2.31. The molecule has 24 heavy (non-hydrogen) atoms. The molecular weight excluding hydrogens is 324 g/mol. The number of carbonyl (C=O) groups excluding carboxylic acids is 1. The number of nitrogens with zero attached hydrogens (tertiary/aromatic N) is 1. The molecule has 3 rings (SSSR count). The summed E-state index contributed by atoms with van der Waals surface area (Å²) in [6, 6.07) is 20.8. The van der Waals surface area contributed by atoms with Gasteiger partial charge in [0.1, 0.15) is 5.15 Å². The van der Waals surface area contributed by atoms with Gasteiger partial charge in [-0.2, -0.15) is 0 Å². The van der Waals surface area contributed by atoms with Crippen LogP contribution in [0, 0.1) is 0 Å². The molecule has 0 aliphatic rings. The van der Waals surface area contributed by atoms with Crippen molar-refractivity contribution in [3.8, 4) is 0 Å². The van der Waals surface area contributed by atoms with E-state index in [0.29, 0.717) is 16.8 Å². The van der Waals surface area contributed by atoms with Gasteiger partial charge in [0.25, 0.3) is 5.91 Å². The first kappa shape index (κ1) is 16.2. The SMILES string of the molecule is O=C(Nc1ccnc(Cl)c1)C(O)(c1ccccc1)c1ccccc1. The van der Waals surface area contributed by atoms with Gasteiger partial charge in [0, 0.05) is 11.9 Å². The summed E-state index contributed by atoms with van der Waals surface area (Å²) in [5, 5.41) is 14.3. The Bertz CT molecular complexity index is 799. The first-order valence-electron chi connectivity index (χ1n) is 7.37. The predicted octanol–water partition coefficient (Wildman–Crippen LogP) is 3.61. The van der Waals surface area contributed by atoms with Crippen LogP contribution in [-0.4, -0.2) is 16.0 Å². The van der Waals surface area contributed by atoms with E-state index in [2.05, 4.69) is 10.3 Å². The molecule has 0 aliphatic heterocycles. The van der Waals surface area contributed by atoms with Crippen LogP contribution in [0.5, 0.6) is 0 Å². The third-order valence-corrected chi connectivity index (χ3v) is 3.90. The summed E-state index contributed by atoms with van der Waals surface area (Å²) >= 11 is 5.85. The smallest absolute Gasteiger partial charge is 0.265 e. The van der Waals surface area contributed by atoms with Gasteiger partial charge >= 0.3 is 0 Å². The van der Waals surface area contributed by atoms with E-state index in [4.69, 9.17) is 11.6 Å². The van der Waals surface area contributed by atoms with Crippen molar-refractivity contribution in [1.29, 1.82) is 0 Å². The first-order chi connectivity index (χ1) is 11.6. The van der Waals surface area contributed by atoms with Crippen LogP contribution < -0.4 is 5.32 Å². The quantitative estimate of drug-likeness (QED) is 0.714. The van der Waals surface area contributed by atoms with E-state index in [1.165, 1.54) is 12.3 Å². The summed E-state index contributed by atoms with van der Waals surface area (Å²) in [7, 11) is 0. The second-order valence-corrected chi connectivity index (χ2v) is 5.65. The van der Waals surface area contributed by atoms with Crippen LogP contribution in [0.3, 0.4) is 0 Å². The van der Waals surface area contributed by atoms with Crippen LogP contribution in [0.15, 0.2) is 79.0 Å². The van der Waals surface area contributed by atoms with Crippen LogP contribution in [-0.2, 0) is 10.4 Å². The number of hydrogen-bond donors (Lipinski definition) is 2. The number of amides is 1. The molecule has 0 radical (unpaired) electrons. The fourth-order valence-corrected chi connectivity index (χ4v) is 2.66. The number of rotatable bonds is 4. The van der Waals surface area contributed by atoms with Crippen molar-refractivity contribution in [2.45, 2.75) is 5.60 Å². The Morgan fingerprint density at radius 3 is 2.00 bits per heavy atom. The lowest BCUT2D eigenvalue weighted by Crippen LogP contribution is -2.41. The van der Waals surface area contributed by atoms with Crippen molar-refractivity contribution >= 4 is 23.2 Å². The monoisotopic (exact) mass is 338 g/mol. The van der Waals surface area contributed by atoms with E-state index in [-0.39, 0.29) is 5.15 Å². The molecule has 1 aromatic heterocycles. The molecule has 0 unspecified atom stereocenters. The third kappa shape index (κ3) is 3.15. The Balaban J connectivity index is 2.03. The number of pyridine rings is 1. The van der Waals surface area contributed by atoms with E-state index < -0.39 is 11.5 Å². The fourth-order valence-electron chi connectivity index (χ4n) is 2.49. The van der Waals surface area contributed by atoms with Crippen molar-refractivity contribution in [2.24, 2.45) is 0 Å². The van der Waals surface area contributed by atoms with Gasteiger partial charge in [0.2, 0.25) is 0 Å². The number of carbonyl (C=O) groups is 1. The minimum absolute atomic E-state index is 0.260. The van der Waals surface area contributed by atoms with Crippen LogP contribution >= 0.6 is 11.6 Å². The number of aromatic nitrogens is 1. The van der Waals surface area contributed by atoms with Gasteiger partial charge in [0.15, 0.2) is 5.60 Å². The molecule has 0 saturated heterocycles. The summed E-state index contributed by atoms with van der Waals surface area (Å²) in [4.78, 5) is 16.8. The van der Waals surface area contributed by atoms with E-state index in [1.54, 1.807) is 54.6 Å². The molecule has 0 atom stereocenters. The van der Waals surface area contributed by atoms with Gasteiger partial charge in [-0.25, -0.2) is 4.98 Å². The van der Waals surface area contributed by atoms with Crippen molar-refractivity contribution in [1.82, 2.24) is 4.98 Å². The topological polar surface area (TPSA) is 62.2 Å². The summed E-state index contributed by atoms with van der Waals surface area (Å²) in [5.74, 6) is -0.567. The minimum Gasteiger partial charge on any atom is -0.372 e. The summed E-state index contributed by atoms with van der Waals surface area (Å²) in [6.45, 7) is 0. The molecular formula is C19H15ClN2O2. The number of nitrogens with one attached hydrogen (secondary N) is 1. The lowest BCUT2D eigenvalue weighted by atomic mass is 9.85. The maximum absolute atomic E-state index is 12.9. The van der Waals surface area contributed by atoms with Crippen molar-refractivity contribution in [2.75, 3.05) is 5.32 Å². The molecule has 0 fully saturated rings. The zero-order valence-corrected chi connectivity index (χ0v) is 13.4. The lowest BCUT2D eigenvalue weighted by Gasteiger charge is -2.28. The van der Waals surface area contributed by atoms with Gasteiger partial charge in [-0.15, -0.1) is 0 Å². The Morgan fingerprint density at radius 2 is 1.50 bits per heavy atom. The fraction of sp³-hybridized carbons (Fsp3) is 0.0526. The molecule has 0 spiro atoms. The van der Waals surface area contributed by atoms with Crippen molar-refractivity contribution in [3.05, 3.63) is 95.3 Å². The van der Waals surface area contributed by atoms with Gasteiger partial charge in [0.05, 0.1) is 0 Å². The van der Waals surface area contributed by atoms with Crippen LogP contribution in [0.4, 0.5) is 5.69 Å². The molecule has 1 heterocycles. The predicted molar refractivity (Wildman–Crippen MR) is 93.8 cm³/mol. The largest absolute Gasteiger partial charge is 0.372 e. The van der Waals surface area contributed by atoms with E-state index in [1.807, 2.05) is 12.1 Å². The van der Waals surface area contributed by atoms with Crippen LogP contribution in [0.25, 0.3) is 0 Å². The molecule has 120 valence electrons. The number of halogens is 1.